The highest BCUT2D eigenvalue weighted by molar-refractivity contribution is 5.87. The lowest BCUT2D eigenvalue weighted by atomic mass is 9.90. The zero-order valence-electron chi connectivity index (χ0n) is 15.4. The van der Waals surface area contributed by atoms with Crippen LogP contribution in [0.25, 0.3) is 11.3 Å². The molecular formula is C22H22FN3O2. The minimum Gasteiger partial charge on any atom is -0.478 e. The van der Waals surface area contributed by atoms with Crippen molar-refractivity contribution in [2.45, 2.75) is 25.3 Å². The molecule has 1 aliphatic rings. The zero-order valence-corrected chi connectivity index (χ0v) is 15.4. The van der Waals surface area contributed by atoms with Crippen LogP contribution >= 0.6 is 0 Å². The number of carbonyl (C=O) groups is 1. The maximum absolute atomic E-state index is 13.6. The summed E-state index contributed by atoms with van der Waals surface area (Å²) in [5.74, 6) is -0.788. The number of hydrogen-bond acceptors (Lipinski definition) is 3. The van der Waals surface area contributed by atoms with Crippen LogP contribution in [0.15, 0.2) is 54.7 Å². The third-order valence-corrected chi connectivity index (χ3v) is 5.36. The van der Waals surface area contributed by atoms with Gasteiger partial charge in [0.2, 0.25) is 0 Å². The summed E-state index contributed by atoms with van der Waals surface area (Å²) in [5.41, 5.74) is 4.19. The number of benzene rings is 2. The minimum absolute atomic E-state index is 0.263. The third-order valence-electron chi connectivity index (χ3n) is 5.36. The van der Waals surface area contributed by atoms with E-state index in [1.54, 1.807) is 18.2 Å². The van der Waals surface area contributed by atoms with Crippen molar-refractivity contribution >= 4 is 5.97 Å². The number of likely N-dealkylation sites (tertiary alicyclic amines) is 1. The predicted molar refractivity (Wildman–Crippen MR) is 105 cm³/mol. The lowest BCUT2D eigenvalue weighted by molar-refractivity contribution is 0.0697. The lowest BCUT2D eigenvalue weighted by Gasteiger charge is -2.33. The van der Waals surface area contributed by atoms with Crippen LogP contribution in [0.4, 0.5) is 4.39 Å². The molecule has 28 heavy (non-hydrogen) atoms. The third kappa shape index (κ3) is 3.97. The monoisotopic (exact) mass is 379 g/mol. The van der Waals surface area contributed by atoms with E-state index in [1.807, 2.05) is 24.4 Å². The molecule has 6 heteroatoms. The number of piperidine rings is 1. The van der Waals surface area contributed by atoms with Gasteiger partial charge in [0, 0.05) is 24.2 Å². The van der Waals surface area contributed by atoms with Gasteiger partial charge in [0.25, 0.3) is 0 Å². The van der Waals surface area contributed by atoms with E-state index in [2.05, 4.69) is 15.1 Å². The Balaban J connectivity index is 1.48. The number of halogens is 1. The molecule has 2 N–H and O–H groups in total. The molecule has 5 nitrogen and oxygen atoms in total. The Morgan fingerprint density at radius 3 is 2.82 bits per heavy atom. The summed E-state index contributed by atoms with van der Waals surface area (Å²) in [6.45, 7) is 2.64. The van der Waals surface area contributed by atoms with E-state index in [4.69, 9.17) is 5.11 Å². The van der Waals surface area contributed by atoms with Gasteiger partial charge in [-0.05, 0) is 55.1 Å². The van der Waals surface area contributed by atoms with Crippen molar-refractivity contribution in [3.05, 3.63) is 77.2 Å². The van der Waals surface area contributed by atoms with E-state index in [0.29, 0.717) is 11.5 Å². The highest BCUT2D eigenvalue weighted by atomic mass is 19.1. The van der Waals surface area contributed by atoms with Crippen LogP contribution < -0.4 is 0 Å². The van der Waals surface area contributed by atoms with Crippen molar-refractivity contribution < 1.29 is 14.3 Å². The van der Waals surface area contributed by atoms with Crippen LogP contribution in [-0.4, -0.2) is 39.3 Å². The Hall–Kier alpha value is -2.99. The molecule has 3 aromatic rings. The highest BCUT2D eigenvalue weighted by Gasteiger charge is 2.23. The summed E-state index contributed by atoms with van der Waals surface area (Å²) >= 11 is 0. The summed E-state index contributed by atoms with van der Waals surface area (Å²) in [6, 6.07) is 13.7. The number of H-pyrrole nitrogens is 1. The maximum Gasteiger partial charge on any atom is 0.335 e. The van der Waals surface area contributed by atoms with Crippen molar-refractivity contribution in [3.8, 4) is 11.3 Å². The fraction of sp³-hybridized carbons (Fsp3) is 0.273. The normalized spacial score (nSPS) is 17.5. The van der Waals surface area contributed by atoms with Gasteiger partial charge in [0.1, 0.15) is 5.82 Å². The average molecular weight is 379 g/mol. The topological polar surface area (TPSA) is 69.2 Å². The van der Waals surface area contributed by atoms with Crippen LogP contribution in [0.5, 0.6) is 0 Å². The van der Waals surface area contributed by atoms with Crippen molar-refractivity contribution in [2.75, 3.05) is 13.1 Å². The first-order valence-electron chi connectivity index (χ1n) is 9.44. The van der Waals surface area contributed by atoms with Crippen LogP contribution in [0.2, 0.25) is 0 Å². The van der Waals surface area contributed by atoms with Gasteiger partial charge in [-0.2, -0.15) is 5.10 Å². The Labute approximate surface area is 162 Å². The molecule has 1 aromatic heterocycles. The van der Waals surface area contributed by atoms with Gasteiger partial charge in [-0.1, -0.05) is 24.3 Å². The first kappa shape index (κ1) is 18.4. The molecule has 1 fully saturated rings. The van der Waals surface area contributed by atoms with Crippen LogP contribution in [-0.2, 0) is 6.54 Å². The molecular weight excluding hydrogens is 357 g/mol. The Kier molecular flexibility index (Phi) is 5.21. The number of carboxylic acids is 1. The first-order valence-corrected chi connectivity index (χ1v) is 9.44. The van der Waals surface area contributed by atoms with Crippen molar-refractivity contribution in [1.29, 1.82) is 0 Å². The fourth-order valence-corrected chi connectivity index (χ4v) is 3.93. The molecule has 0 bridgehead atoms. The number of nitrogens with zero attached hydrogens (tertiary/aromatic N) is 2. The number of aromatic nitrogens is 2. The number of nitrogens with one attached hydrogen (secondary N) is 1. The summed E-state index contributed by atoms with van der Waals surface area (Å²) in [5, 5.41) is 16.2. The second-order valence-corrected chi connectivity index (χ2v) is 7.28. The zero-order chi connectivity index (χ0) is 19.5. The standard InChI is InChI=1S/C22H22FN3O2/c23-20-5-1-3-17(11-20)21-19(12-24-25-21)14-26-10-2-4-18(13-26)15-6-8-16(9-7-15)22(27)28/h1,3,5-9,11-12,18H,2,4,10,13-14H2,(H,24,25)(H,27,28)/t18-/m0/s1. The summed E-state index contributed by atoms with van der Waals surface area (Å²) < 4.78 is 13.6. The Bertz CT molecular complexity index is 968. The first-order chi connectivity index (χ1) is 13.6. The van der Waals surface area contributed by atoms with Crippen molar-refractivity contribution in [3.63, 3.8) is 0 Å². The molecule has 1 saturated heterocycles. The summed E-state index contributed by atoms with van der Waals surface area (Å²) in [7, 11) is 0. The molecule has 0 unspecified atom stereocenters. The SMILES string of the molecule is O=C(O)c1ccc([C@H]2CCCN(Cc3cn[nH]c3-c3cccc(F)c3)C2)cc1. The average Bonchev–Trinajstić information content (AvgIpc) is 3.16. The smallest absolute Gasteiger partial charge is 0.335 e. The molecule has 1 aliphatic heterocycles. The van der Waals surface area contributed by atoms with Crippen molar-refractivity contribution in [2.24, 2.45) is 0 Å². The Morgan fingerprint density at radius 2 is 2.07 bits per heavy atom. The molecule has 0 saturated carbocycles. The quantitative estimate of drug-likeness (QED) is 0.694. The number of aromatic carboxylic acids is 1. The van der Waals surface area contributed by atoms with Crippen molar-refractivity contribution in [1.82, 2.24) is 15.1 Å². The summed E-state index contributed by atoms with van der Waals surface area (Å²) in [4.78, 5) is 13.4. The molecule has 0 aliphatic carbocycles. The molecule has 2 aromatic carbocycles. The maximum atomic E-state index is 13.6. The minimum atomic E-state index is -0.901. The predicted octanol–water partition coefficient (Wildman–Crippen LogP) is 4.29. The molecule has 0 spiro atoms. The van der Waals surface area contributed by atoms with E-state index < -0.39 is 5.97 Å². The molecule has 144 valence electrons. The lowest BCUT2D eigenvalue weighted by Crippen LogP contribution is -2.33. The fourth-order valence-electron chi connectivity index (χ4n) is 3.93. The molecule has 0 amide bonds. The molecule has 2 heterocycles. The second-order valence-electron chi connectivity index (χ2n) is 7.28. The Morgan fingerprint density at radius 1 is 1.25 bits per heavy atom. The molecule has 0 radical (unpaired) electrons. The molecule has 1 atom stereocenters. The number of aromatic amines is 1. The van der Waals surface area contributed by atoms with Crippen LogP contribution in [0.1, 0.15) is 40.2 Å². The molecule has 4 rings (SSSR count). The summed E-state index contributed by atoms with van der Waals surface area (Å²) in [6.07, 6.45) is 3.98. The number of hydrogen-bond donors (Lipinski definition) is 2. The van der Waals surface area contributed by atoms with Gasteiger partial charge in [-0.3, -0.25) is 10.00 Å². The van der Waals surface area contributed by atoms with E-state index in [0.717, 1.165) is 49.3 Å². The van der Waals surface area contributed by atoms with Gasteiger partial charge in [-0.25, -0.2) is 9.18 Å². The van der Waals surface area contributed by atoms with E-state index in [1.165, 1.54) is 17.7 Å². The van der Waals surface area contributed by atoms with Gasteiger partial charge in [0.15, 0.2) is 0 Å². The van der Waals surface area contributed by atoms with Crippen LogP contribution in [0.3, 0.4) is 0 Å². The van der Waals surface area contributed by atoms with E-state index in [9.17, 15) is 9.18 Å². The highest BCUT2D eigenvalue weighted by Crippen LogP contribution is 2.29. The van der Waals surface area contributed by atoms with Gasteiger partial charge in [0.05, 0.1) is 17.5 Å². The van der Waals surface area contributed by atoms with Gasteiger partial charge >= 0.3 is 5.97 Å². The van der Waals surface area contributed by atoms with E-state index in [-0.39, 0.29) is 5.82 Å². The largest absolute Gasteiger partial charge is 0.478 e. The van der Waals surface area contributed by atoms with Crippen LogP contribution in [0, 0.1) is 5.82 Å². The van der Waals surface area contributed by atoms with Gasteiger partial charge < -0.3 is 5.11 Å². The number of rotatable bonds is 5. The van der Waals surface area contributed by atoms with Gasteiger partial charge in [-0.15, -0.1) is 0 Å². The number of carboxylic acid groups (broad SMARTS) is 1. The van der Waals surface area contributed by atoms with E-state index >= 15 is 0 Å². The second kappa shape index (κ2) is 7.94.